The van der Waals surface area contributed by atoms with E-state index >= 15 is 0 Å². The Balaban J connectivity index is 1.10. The Morgan fingerprint density at radius 1 is 1.12 bits per heavy atom. The number of aromatic carboxylic acids is 1. The van der Waals surface area contributed by atoms with Gasteiger partial charge in [0.2, 0.25) is 11.9 Å². The minimum Gasteiger partial charge on any atom is -0.489 e. The Hall–Kier alpha value is -4.05. The molecule has 10 heteroatoms. The van der Waals surface area contributed by atoms with Crippen LogP contribution >= 0.6 is 11.3 Å². The van der Waals surface area contributed by atoms with E-state index in [1.165, 1.54) is 29.7 Å². The van der Waals surface area contributed by atoms with Gasteiger partial charge in [0.15, 0.2) is 5.82 Å². The predicted molar refractivity (Wildman–Crippen MR) is 153 cm³/mol. The van der Waals surface area contributed by atoms with E-state index in [-0.39, 0.29) is 5.82 Å². The van der Waals surface area contributed by atoms with Crippen LogP contribution in [0, 0.1) is 18.8 Å². The lowest BCUT2D eigenvalue weighted by atomic mass is 9.88. The lowest BCUT2D eigenvalue weighted by Crippen LogP contribution is -2.38. The average molecular weight is 575 g/mol. The number of likely N-dealkylation sites (tertiary alicyclic amines) is 1. The lowest BCUT2D eigenvalue weighted by Gasteiger charge is -2.32. The van der Waals surface area contributed by atoms with Crippen molar-refractivity contribution in [3.05, 3.63) is 82.2 Å². The average Bonchev–Trinajstić information content (AvgIpc) is 3.51. The second kappa shape index (κ2) is 11.4. The second-order valence-electron chi connectivity index (χ2n) is 10.8. The highest BCUT2D eigenvalue weighted by Crippen LogP contribution is 2.36. The molecule has 6 rings (SSSR count). The topological polar surface area (TPSA) is 97.6 Å². The smallest absolute Gasteiger partial charge is 0.342 e. The molecule has 8 nitrogen and oxygen atoms in total. The van der Waals surface area contributed by atoms with Crippen LogP contribution in [0.4, 0.5) is 4.39 Å². The van der Waals surface area contributed by atoms with Crippen LogP contribution in [0.5, 0.6) is 5.75 Å². The van der Waals surface area contributed by atoms with E-state index in [0.717, 1.165) is 65.0 Å². The highest BCUT2D eigenvalue weighted by Gasteiger charge is 2.29. The number of pyridine rings is 1. The van der Waals surface area contributed by atoms with Crippen molar-refractivity contribution >= 4 is 23.2 Å². The van der Waals surface area contributed by atoms with Gasteiger partial charge in [-0.3, -0.25) is 4.79 Å². The van der Waals surface area contributed by atoms with Gasteiger partial charge in [-0.1, -0.05) is 18.2 Å². The van der Waals surface area contributed by atoms with Crippen LogP contribution in [0.15, 0.2) is 54.0 Å². The quantitative estimate of drug-likeness (QED) is 0.255. The standard InChI is InChI=1S/C31H31FN4O4S/c1-19-15-22(21-9-12-35(13-10-21)28(37)16-20-5-6-20)7-8-26(19)40-18-23-11-14-41-29(23)25-3-2-4-27(34-25)36-30(32)24(17-33-36)31(38)39/h2-4,7-8,11,14-15,17,20-21H,5-6,9-10,12-13,16,18H2,1H3,(H,38,39). The molecule has 1 aromatic carbocycles. The van der Waals surface area contributed by atoms with Crippen molar-refractivity contribution < 1.29 is 23.8 Å². The van der Waals surface area contributed by atoms with Crippen LogP contribution < -0.4 is 4.74 Å². The number of hydrogen-bond acceptors (Lipinski definition) is 6. The number of ether oxygens (including phenoxy) is 1. The van der Waals surface area contributed by atoms with E-state index in [2.05, 4.69) is 29.1 Å². The molecule has 4 heterocycles. The Bertz CT molecular complexity index is 1590. The lowest BCUT2D eigenvalue weighted by molar-refractivity contribution is -0.132. The Kier molecular flexibility index (Phi) is 7.57. The second-order valence-corrected chi connectivity index (χ2v) is 11.8. The number of piperidine rings is 1. The van der Waals surface area contributed by atoms with Crippen LogP contribution in [-0.2, 0) is 11.4 Å². The van der Waals surface area contributed by atoms with E-state index in [1.54, 1.807) is 12.1 Å². The summed E-state index contributed by atoms with van der Waals surface area (Å²) in [5, 5.41) is 15.0. The molecule has 0 radical (unpaired) electrons. The van der Waals surface area contributed by atoms with Gasteiger partial charge in [-0.2, -0.15) is 14.2 Å². The van der Waals surface area contributed by atoms with Gasteiger partial charge < -0.3 is 14.7 Å². The zero-order valence-corrected chi connectivity index (χ0v) is 23.6. The number of rotatable bonds is 9. The van der Waals surface area contributed by atoms with Crippen molar-refractivity contribution in [2.75, 3.05) is 13.1 Å². The SMILES string of the molecule is Cc1cc(C2CCN(C(=O)CC3CC3)CC2)ccc1OCc1ccsc1-c1cccc(-n2ncc(C(=O)O)c2F)n1. The highest BCUT2D eigenvalue weighted by atomic mass is 32.1. The van der Waals surface area contributed by atoms with Gasteiger partial charge in [0.25, 0.3) is 0 Å². The molecule has 1 aliphatic heterocycles. The van der Waals surface area contributed by atoms with E-state index < -0.39 is 17.5 Å². The molecule has 0 unspecified atom stereocenters. The maximum Gasteiger partial charge on any atom is 0.342 e. The Morgan fingerprint density at radius 2 is 1.93 bits per heavy atom. The number of carboxylic acid groups (broad SMARTS) is 1. The van der Waals surface area contributed by atoms with Gasteiger partial charge in [-0.25, -0.2) is 9.78 Å². The zero-order chi connectivity index (χ0) is 28.5. The summed E-state index contributed by atoms with van der Waals surface area (Å²) in [6.07, 6.45) is 6.08. The number of aromatic nitrogens is 3. The van der Waals surface area contributed by atoms with Crippen LogP contribution in [0.2, 0.25) is 0 Å². The van der Waals surface area contributed by atoms with E-state index in [1.807, 2.05) is 28.5 Å². The summed E-state index contributed by atoms with van der Waals surface area (Å²) >= 11 is 1.50. The molecule has 0 atom stereocenters. The molecule has 3 aromatic heterocycles. The highest BCUT2D eigenvalue weighted by molar-refractivity contribution is 7.13. The first-order valence-corrected chi connectivity index (χ1v) is 14.8. The number of hydrogen-bond donors (Lipinski definition) is 1. The number of benzene rings is 1. The Labute approximate surface area is 241 Å². The van der Waals surface area contributed by atoms with Gasteiger partial charge in [-0.15, -0.1) is 11.3 Å². The normalized spacial score (nSPS) is 15.7. The number of nitrogens with zero attached hydrogens (tertiary/aromatic N) is 4. The fourth-order valence-corrected chi connectivity index (χ4v) is 6.26. The van der Waals surface area contributed by atoms with Crippen LogP contribution in [-0.4, -0.2) is 49.7 Å². The fourth-order valence-electron chi connectivity index (χ4n) is 5.38. The molecule has 4 aromatic rings. The van der Waals surface area contributed by atoms with Crippen molar-refractivity contribution in [1.29, 1.82) is 0 Å². The van der Waals surface area contributed by atoms with Crippen molar-refractivity contribution in [3.8, 4) is 22.1 Å². The van der Waals surface area contributed by atoms with E-state index in [0.29, 0.717) is 30.0 Å². The van der Waals surface area contributed by atoms with Crippen LogP contribution in [0.1, 0.15) is 65.1 Å². The number of amides is 1. The molecule has 0 spiro atoms. The molecule has 1 aliphatic carbocycles. The molecule has 1 N–H and O–H groups in total. The van der Waals surface area contributed by atoms with Gasteiger partial charge >= 0.3 is 5.97 Å². The third-order valence-electron chi connectivity index (χ3n) is 7.93. The summed E-state index contributed by atoms with van der Waals surface area (Å²) in [4.78, 5) is 31.1. The van der Waals surface area contributed by atoms with Gasteiger partial charge in [0.1, 0.15) is 17.9 Å². The predicted octanol–water partition coefficient (Wildman–Crippen LogP) is 6.23. The first-order chi connectivity index (χ1) is 19.9. The largest absolute Gasteiger partial charge is 0.489 e. The van der Waals surface area contributed by atoms with Gasteiger partial charge in [0, 0.05) is 25.1 Å². The number of carboxylic acids is 1. The minimum absolute atomic E-state index is 0.192. The van der Waals surface area contributed by atoms with Gasteiger partial charge in [0.05, 0.1) is 16.8 Å². The first kappa shape index (κ1) is 27.1. The molecule has 2 fully saturated rings. The summed E-state index contributed by atoms with van der Waals surface area (Å²) in [6.45, 7) is 4.05. The molecule has 2 aliphatic rings. The maximum atomic E-state index is 14.6. The van der Waals surface area contributed by atoms with E-state index in [9.17, 15) is 14.0 Å². The molecular formula is C31H31FN4O4S. The van der Waals surface area contributed by atoms with Gasteiger partial charge in [-0.05, 0) is 85.2 Å². The summed E-state index contributed by atoms with van der Waals surface area (Å²) in [7, 11) is 0. The maximum absolute atomic E-state index is 14.6. The van der Waals surface area contributed by atoms with Crippen LogP contribution in [0.3, 0.4) is 0 Å². The molecule has 1 saturated heterocycles. The fraction of sp³-hybridized carbons (Fsp3) is 0.355. The zero-order valence-electron chi connectivity index (χ0n) is 22.8. The third-order valence-corrected chi connectivity index (χ3v) is 8.91. The first-order valence-electron chi connectivity index (χ1n) is 13.9. The van der Waals surface area contributed by atoms with Crippen molar-refractivity contribution in [1.82, 2.24) is 19.7 Å². The number of thiophene rings is 1. The summed E-state index contributed by atoms with van der Waals surface area (Å²) in [5.74, 6) is 0.0435. The number of aryl methyl sites for hydroxylation is 1. The summed E-state index contributed by atoms with van der Waals surface area (Å²) in [5.41, 5.74) is 3.41. The molecule has 1 saturated carbocycles. The third kappa shape index (κ3) is 5.88. The number of carbonyl (C=O) groups is 2. The Morgan fingerprint density at radius 3 is 2.63 bits per heavy atom. The van der Waals surface area contributed by atoms with Crippen molar-refractivity contribution in [3.63, 3.8) is 0 Å². The molecule has 1 amide bonds. The van der Waals surface area contributed by atoms with Crippen LogP contribution in [0.25, 0.3) is 16.4 Å². The molecule has 41 heavy (non-hydrogen) atoms. The monoisotopic (exact) mass is 574 g/mol. The molecule has 212 valence electrons. The molecular weight excluding hydrogens is 543 g/mol. The summed E-state index contributed by atoms with van der Waals surface area (Å²) in [6, 6.07) is 13.5. The summed E-state index contributed by atoms with van der Waals surface area (Å²) < 4.78 is 21.7. The molecule has 0 bridgehead atoms. The van der Waals surface area contributed by atoms with E-state index in [4.69, 9.17) is 9.84 Å². The number of carbonyl (C=O) groups excluding carboxylic acids is 1. The van der Waals surface area contributed by atoms with Crippen molar-refractivity contribution in [2.24, 2.45) is 5.92 Å². The number of halogens is 1. The van der Waals surface area contributed by atoms with Crippen molar-refractivity contribution in [2.45, 2.75) is 51.6 Å². The minimum atomic E-state index is -1.38.